The summed E-state index contributed by atoms with van der Waals surface area (Å²) in [5.74, 6) is 9.78. The summed E-state index contributed by atoms with van der Waals surface area (Å²) in [6.07, 6.45) is 14.1. The van der Waals surface area contributed by atoms with Gasteiger partial charge in [-0.15, -0.1) is 0 Å². The average molecular weight is 266 g/mol. The number of hydrazine groups is 1. The minimum atomic E-state index is 0.561. The van der Waals surface area contributed by atoms with E-state index in [0.717, 1.165) is 23.7 Å². The van der Waals surface area contributed by atoms with Crippen LogP contribution in [0.3, 0.4) is 0 Å². The smallest absolute Gasteiger partial charge is 0.0215 e. The molecule has 2 aliphatic rings. The minimum absolute atomic E-state index is 0.561. The van der Waals surface area contributed by atoms with Gasteiger partial charge in [0, 0.05) is 6.04 Å². The predicted octanol–water partition coefficient (Wildman–Crippen LogP) is 4.25. The highest BCUT2D eigenvalue weighted by molar-refractivity contribution is 4.91. The van der Waals surface area contributed by atoms with Crippen LogP contribution >= 0.6 is 0 Å². The first kappa shape index (κ1) is 15.3. The SMILES string of the molecule is CCCCC(CC)CC(CC1CC2CCC1C2)NN. The standard InChI is InChI=1S/C17H34N2/c1-3-5-6-13(4-2)11-17(19-18)12-16-10-14-7-8-15(16)9-14/h13-17,19H,3-12,18H2,1-2H3. The number of nitrogens with two attached hydrogens (primary N) is 1. The van der Waals surface area contributed by atoms with E-state index < -0.39 is 0 Å². The molecule has 0 heterocycles. The van der Waals surface area contributed by atoms with Crippen LogP contribution in [-0.4, -0.2) is 6.04 Å². The molecule has 5 unspecified atom stereocenters. The monoisotopic (exact) mass is 266 g/mol. The highest BCUT2D eigenvalue weighted by atomic mass is 15.2. The van der Waals surface area contributed by atoms with Crippen molar-refractivity contribution in [2.45, 2.75) is 84.1 Å². The van der Waals surface area contributed by atoms with Gasteiger partial charge in [0.25, 0.3) is 0 Å². The molecule has 0 radical (unpaired) electrons. The molecule has 3 N–H and O–H groups in total. The lowest BCUT2D eigenvalue weighted by Gasteiger charge is -2.28. The maximum Gasteiger partial charge on any atom is 0.0215 e. The molecule has 0 aromatic carbocycles. The highest BCUT2D eigenvalue weighted by Crippen LogP contribution is 2.50. The molecule has 19 heavy (non-hydrogen) atoms. The first-order valence-corrected chi connectivity index (χ1v) is 8.72. The second-order valence-electron chi connectivity index (χ2n) is 7.19. The second kappa shape index (κ2) is 7.64. The van der Waals surface area contributed by atoms with Crippen molar-refractivity contribution in [3.05, 3.63) is 0 Å². The number of nitrogens with one attached hydrogen (secondary N) is 1. The van der Waals surface area contributed by atoms with Crippen LogP contribution in [0.2, 0.25) is 0 Å². The summed E-state index contributed by atoms with van der Waals surface area (Å²) >= 11 is 0. The quantitative estimate of drug-likeness (QED) is 0.483. The summed E-state index contributed by atoms with van der Waals surface area (Å²) in [7, 11) is 0. The van der Waals surface area contributed by atoms with Gasteiger partial charge in [0.2, 0.25) is 0 Å². The number of unbranched alkanes of at least 4 members (excludes halogenated alkanes) is 1. The van der Waals surface area contributed by atoms with Gasteiger partial charge in [-0.3, -0.25) is 11.3 Å². The van der Waals surface area contributed by atoms with Gasteiger partial charge < -0.3 is 0 Å². The van der Waals surface area contributed by atoms with E-state index in [1.165, 1.54) is 64.2 Å². The van der Waals surface area contributed by atoms with Crippen LogP contribution in [-0.2, 0) is 0 Å². The maximum atomic E-state index is 5.83. The van der Waals surface area contributed by atoms with Crippen molar-refractivity contribution >= 4 is 0 Å². The first-order valence-electron chi connectivity index (χ1n) is 8.72. The Bertz CT molecular complexity index is 254. The summed E-state index contributed by atoms with van der Waals surface area (Å²) in [4.78, 5) is 0. The molecule has 0 aromatic heterocycles. The molecule has 0 saturated heterocycles. The molecule has 112 valence electrons. The van der Waals surface area contributed by atoms with Crippen molar-refractivity contribution in [3.63, 3.8) is 0 Å². The van der Waals surface area contributed by atoms with Crippen molar-refractivity contribution in [2.24, 2.45) is 29.5 Å². The zero-order valence-corrected chi connectivity index (χ0v) is 13.0. The van der Waals surface area contributed by atoms with Crippen molar-refractivity contribution in [1.29, 1.82) is 0 Å². The van der Waals surface area contributed by atoms with E-state index in [9.17, 15) is 0 Å². The fraction of sp³-hybridized carbons (Fsp3) is 1.00. The Hall–Kier alpha value is -0.0800. The summed E-state index contributed by atoms with van der Waals surface area (Å²) in [6.45, 7) is 4.63. The van der Waals surface area contributed by atoms with Gasteiger partial charge in [-0.05, 0) is 55.8 Å². The third-order valence-electron chi connectivity index (χ3n) is 5.87. The van der Waals surface area contributed by atoms with E-state index in [0.29, 0.717) is 6.04 Å². The third kappa shape index (κ3) is 4.19. The average Bonchev–Trinajstić information content (AvgIpc) is 3.04. The van der Waals surface area contributed by atoms with E-state index in [2.05, 4.69) is 19.3 Å². The Morgan fingerprint density at radius 1 is 1.21 bits per heavy atom. The number of hydrogen-bond acceptors (Lipinski definition) is 2. The van der Waals surface area contributed by atoms with Gasteiger partial charge in [0.05, 0.1) is 0 Å². The van der Waals surface area contributed by atoms with Crippen molar-refractivity contribution < 1.29 is 0 Å². The number of rotatable bonds is 9. The molecular formula is C17H34N2. The molecule has 0 spiro atoms. The Labute approximate surface area is 119 Å². The zero-order valence-electron chi connectivity index (χ0n) is 13.0. The van der Waals surface area contributed by atoms with Crippen LogP contribution < -0.4 is 11.3 Å². The maximum absolute atomic E-state index is 5.83. The normalized spacial score (nSPS) is 32.7. The van der Waals surface area contributed by atoms with E-state index >= 15 is 0 Å². The molecule has 5 atom stereocenters. The molecule has 2 fully saturated rings. The fourth-order valence-corrected chi connectivity index (χ4v) is 4.65. The Kier molecular flexibility index (Phi) is 6.15. The van der Waals surface area contributed by atoms with Crippen LogP contribution in [0, 0.1) is 23.7 Å². The molecule has 2 bridgehead atoms. The minimum Gasteiger partial charge on any atom is -0.271 e. The van der Waals surface area contributed by atoms with E-state index in [-0.39, 0.29) is 0 Å². The van der Waals surface area contributed by atoms with Crippen LogP contribution in [0.4, 0.5) is 0 Å². The fourth-order valence-electron chi connectivity index (χ4n) is 4.65. The van der Waals surface area contributed by atoms with Crippen molar-refractivity contribution in [3.8, 4) is 0 Å². The van der Waals surface area contributed by atoms with E-state index in [4.69, 9.17) is 5.84 Å². The Morgan fingerprint density at radius 3 is 2.58 bits per heavy atom. The summed E-state index contributed by atoms with van der Waals surface area (Å²) in [6, 6.07) is 0.561. The molecule has 2 aliphatic carbocycles. The van der Waals surface area contributed by atoms with Gasteiger partial charge in [-0.25, -0.2) is 0 Å². The molecule has 0 aliphatic heterocycles. The Morgan fingerprint density at radius 2 is 2.05 bits per heavy atom. The molecule has 2 heteroatoms. The van der Waals surface area contributed by atoms with Gasteiger partial charge in [0.15, 0.2) is 0 Å². The van der Waals surface area contributed by atoms with Crippen molar-refractivity contribution in [1.82, 2.24) is 5.43 Å². The lowest BCUT2D eigenvalue weighted by molar-refractivity contribution is 0.249. The van der Waals surface area contributed by atoms with Crippen molar-refractivity contribution in [2.75, 3.05) is 0 Å². The Balaban J connectivity index is 1.75. The van der Waals surface area contributed by atoms with Crippen LogP contribution in [0.25, 0.3) is 0 Å². The van der Waals surface area contributed by atoms with Crippen LogP contribution in [0.5, 0.6) is 0 Å². The lowest BCUT2D eigenvalue weighted by Crippen LogP contribution is -2.38. The lowest BCUT2D eigenvalue weighted by atomic mass is 9.81. The van der Waals surface area contributed by atoms with E-state index in [1.54, 1.807) is 0 Å². The molecule has 2 nitrogen and oxygen atoms in total. The van der Waals surface area contributed by atoms with Gasteiger partial charge in [-0.1, -0.05) is 46.0 Å². The zero-order chi connectivity index (χ0) is 13.7. The van der Waals surface area contributed by atoms with Gasteiger partial charge in [-0.2, -0.15) is 0 Å². The largest absolute Gasteiger partial charge is 0.271 e. The highest BCUT2D eigenvalue weighted by Gasteiger charge is 2.40. The molecule has 0 amide bonds. The van der Waals surface area contributed by atoms with Gasteiger partial charge in [0.1, 0.15) is 0 Å². The topological polar surface area (TPSA) is 38.0 Å². The van der Waals surface area contributed by atoms with Crippen LogP contribution in [0.15, 0.2) is 0 Å². The molecule has 2 saturated carbocycles. The third-order valence-corrected chi connectivity index (χ3v) is 5.87. The first-order chi connectivity index (χ1) is 9.26. The summed E-state index contributed by atoms with van der Waals surface area (Å²) in [5.41, 5.74) is 3.13. The van der Waals surface area contributed by atoms with Crippen LogP contribution in [0.1, 0.15) is 78.1 Å². The predicted molar refractivity (Wildman–Crippen MR) is 82.6 cm³/mol. The van der Waals surface area contributed by atoms with Gasteiger partial charge >= 0.3 is 0 Å². The van der Waals surface area contributed by atoms with E-state index in [1.807, 2.05) is 0 Å². The number of fused-ring (bicyclic) bond motifs is 2. The number of hydrogen-bond donors (Lipinski definition) is 2. The second-order valence-corrected chi connectivity index (χ2v) is 7.19. The molecular weight excluding hydrogens is 232 g/mol. The summed E-state index contributed by atoms with van der Waals surface area (Å²) < 4.78 is 0. The molecule has 2 rings (SSSR count). The summed E-state index contributed by atoms with van der Waals surface area (Å²) in [5, 5.41) is 0. The molecule has 0 aromatic rings.